The number of nitrogens with one attached hydrogen (secondary N) is 2. The summed E-state index contributed by atoms with van der Waals surface area (Å²) in [7, 11) is 0. The summed E-state index contributed by atoms with van der Waals surface area (Å²) in [4.78, 5) is 41.9. The standard InChI is InChI=1S/C24H34N4O4/c1-17(2)23(31)28-10-3-5-18-6-7-19(15-20(18)28)26-22(30)21(29)25-16-24(8-4-9-24)27-11-13-32-14-12-27/h6-7,15,17H,3-5,8-14,16H2,1-2H3,(H,25,29)(H,26,30). The number of rotatable bonds is 5. The molecule has 0 atom stereocenters. The van der Waals surface area contributed by atoms with Crippen LogP contribution in [0, 0.1) is 5.92 Å². The van der Waals surface area contributed by atoms with Crippen molar-refractivity contribution in [3.8, 4) is 0 Å². The first kappa shape index (κ1) is 22.7. The summed E-state index contributed by atoms with van der Waals surface area (Å²) in [5.74, 6) is -1.34. The van der Waals surface area contributed by atoms with E-state index < -0.39 is 11.8 Å². The van der Waals surface area contributed by atoms with Crippen molar-refractivity contribution in [2.45, 2.75) is 51.5 Å². The van der Waals surface area contributed by atoms with Crippen LogP contribution in [0.3, 0.4) is 0 Å². The summed E-state index contributed by atoms with van der Waals surface area (Å²) in [6.07, 6.45) is 5.01. The zero-order valence-electron chi connectivity index (χ0n) is 19.1. The second kappa shape index (κ2) is 9.58. The van der Waals surface area contributed by atoms with Gasteiger partial charge >= 0.3 is 11.8 Å². The molecule has 1 aromatic carbocycles. The van der Waals surface area contributed by atoms with Gasteiger partial charge in [-0.1, -0.05) is 19.9 Å². The Labute approximate surface area is 189 Å². The number of nitrogens with zero attached hydrogens (tertiary/aromatic N) is 2. The number of benzene rings is 1. The van der Waals surface area contributed by atoms with Crippen LogP contribution in [0.4, 0.5) is 11.4 Å². The summed E-state index contributed by atoms with van der Waals surface area (Å²) < 4.78 is 5.45. The molecule has 32 heavy (non-hydrogen) atoms. The molecule has 8 nitrogen and oxygen atoms in total. The molecule has 1 aliphatic carbocycles. The van der Waals surface area contributed by atoms with E-state index in [-0.39, 0.29) is 17.4 Å². The van der Waals surface area contributed by atoms with E-state index in [1.54, 1.807) is 17.0 Å². The Bertz CT molecular complexity index is 875. The average Bonchev–Trinajstić information content (AvgIpc) is 2.78. The fraction of sp³-hybridized carbons (Fsp3) is 0.625. The van der Waals surface area contributed by atoms with Gasteiger partial charge in [0.25, 0.3) is 0 Å². The highest BCUT2D eigenvalue weighted by Gasteiger charge is 2.43. The Morgan fingerprint density at radius 3 is 2.47 bits per heavy atom. The Kier molecular flexibility index (Phi) is 6.81. The van der Waals surface area contributed by atoms with E-state index >= 15 is 0 Å². The van der Waals surface area contributed by atoms with Crippen LogP contribution in [0.2, 0.25) is 0 Å². The molecular formula is C24H34N4O4. The molecule has 0 bridgehead atoms. The molecule has 2 N–H and O–H groups in total. The number of ether oxygens (including phenoxy) is 1. The van der Waals surface area contributed by atoms with Crippen molar-refractivity contribution in [2.24, 2.45) is 5.92 Å². The lowest BCUT2D eigenvalue weighted by Crippen LogP contribution is -2.63. The molecule has 0 spiro atoms. The smallest absolute Gasteiger partial charge is 0.313 e. The van der Waals surface area contributed by atoms with Crippen molar-refractivity contribution in [1.29, 1.82) is 0 Å². The molecule has 2 fully saturated rings. The number of fused-ring (bicyclic) bond motifs is 1. The second-order valence-electron chi connectivity index (χ2n) is 9.41. The maximum Gasteiger partial charge on any atom is 0.313 e. The minimum Gasteiger partial charge on any atom is -0.379 e. The lowest BCUT2D eigenvalue weighted by atomic mass is 9.75. The molecule has 0 radical (unpaired) electrons. The van der Waals surface area contributed by atoms with Crippen molar-refractivity contribution in [3.63, 3.8) is 0 Å². The normalized spacial score (nSPS) is 20.3. The van der Waals surface area contributed by atoms with Gasteiger partial charge in [-0.05, 0) is 49.8 Å². The van der Waals surface area contributed by atoms with E-state index in [0.29, 0.717) is 32.0 Å². The third kappa shape index (κ3) is 4.66. The van der Waals surface area contributed by atoms with E-state index in [1.165, 1.54) is 0 Å². The highest BCUT2D eigenvalue weighted by atomic mass is 16.5. The summed E-state index contributed by atoms with van der Waals surface area (Å²) >= 11 is 0. The molecule has 4 rings (SSSR count). The van der Waals surface area contributed by atoms with Crippen molar-refractivity contribution in [2.75, 3.05) is 49.6 Å². The molecule has 3 aliphatic rings. The molecule has 174 valence electrons. The summed E-state index contributed by atoms with van der Waals surface area (Å²) in [5.41, 5.74) is 2.39. The minimum absolute atomic E-state index is 0.0523. The molecule has 1 saturated carbocycles. The Morgan fingerprint density at radius 2 is 1.81 bits per heavy atom. The largest absolute Gasteiger partial charge is 0.379 e. The highest BCUT2D eigenvalue weighted by Crippen LogP contribution is 2.37. The Hall–Kier alpha value is -2.45. The van der Waals surface area contributed by atoms with Crippen LogP contribution in [0.15, 0.2) is 18.2 Å². The molecule has 1 aromatic rings. The van der Waals surface area contributed by atoms with Gasteiger partial charge in [-0.15, -0.1) is 0 Å². The van der Waals surface area contributed by atoms with Crippen LogP contribution in [0.25, 0.3) is 0 Å². The zero-order valence-corrected chi connectivity index (χ0v) is 19.1. The van der Waals surface area contributed by atoms with Crippen LogP contribution in [-0.4, -0.2) is 67.6 Å². The van der Waals surface area contributed by atoms with Gasteiger partial charge in [0.15, 0.2) is 0 Å². The van der Waals surface area contributed by atoms with Crippen molar-refractivity contribution >= 4 is 29.1 Å². The zero-order chi connectivity index (χ0) is 22.7. The van der Waals surface area contributed by atoms with Crippen LogP contribution in [0.5, 0.6) is 0 Å². The molecule has 3 amide bonds. The molecule has 0 aromatic heterocycles. The Balaban J connectivity index is 1.38. The first-order valence-electron chi connectivity index (χ1n) is 11.8. The summed E-state index contributed by atoms with van der Waals surface area (Å²) in [6.45, 7) is 8.07. The van der Waals surface area contributed by atoms with Crippen molar-refractivity contribution in [3.05, 3.63) is 23.8 Å². The van der Waals surface area contributed by atoms with Gasteiger partial charge in [0.2, 0.25) is 5.91 Å². The van der Waals surface area contributed by atoms with Crippen LogP contribution < -0.4 is 15.5 Å². The van der Waals surface area contributed by atoms with E-state index in [9.17, 15) is 14.4 Å². The van der Waals surface area contributed by atoms with Gasteiger partial charge in [0.05, 0.1) is 13.2 Å². The predicted octanol–water partition coefficient (Wildman–Crippen LogP) is 1.93. The monoisotopic (exact) mass is 442 g/mol. The number of carbonyl (C=O) groups excluding carboxylic acids is 3. The van der Waals surface area contributed by atoms with Crippen LogP contribution in [0.1, 0.15) is 45.1 Å². The minimum atomic E-state index is -0.682. The van der Waals surface area contributed by atoms with Crippen LogP contribution >= 0.6 is 0 Å². The third-order valence-corrected chi connectivity index (χ3v) is 6.97. The molecule has 1 saturated heterocycles. The molecule has 0 unspecified atom stereocenters. The SMILES string of the molecule is CC(C)C(=O)N1CCCc2ccc(NC(=O)C(=O)NCC3(N4CCOCC4)CCC3)cc21. The van der Waals surface area contributed by atoms with E-state index in [4.69, 9.17) is 4.74 Å². The number of morpholine rings is 1. The highest BCUT2D eigenvalue weighted by molar-refractivity contribution is 6.39. The van der Waals surface area contributed by atoms with E-state index in [2.05, 4.69) is 15.5 Å². The predicted molar refractivity (Wildman–Crippen MR) is 123 cm³/mol. The van der Waals surface area contributed by atoms with Crippen molar-refractivity contribution in [1.82, 2.24) is 10.2 Å². The average molecular weight is 443 g/mol. The number of aryl methyl sites for hydroxylation is 1. The van der Waals surface area contributed by atoms with Gasteiger partial charge < -0.3 is 20.3 Å². The first-order chi connectivity index (χ1) is 15.4. The van der Waals surface area contributed by atoms with Gasteiger partial charge in [0, 0.05) is 49.0 Å². The molecular weight excluding hydrogens is 408 g/mol. The topological polar surface area (TPSA) is 91.0 Å². The maximum absolute atomic E-state index is 12.6. The Morgan fingerprint density at radius 1 is 1.06 bits per heavy atom. The maximum atomic E-state index is 12.6. The number of amides is 3. The second-order valence-corrected chi connectivity index (χ2v) is 9.41. The van der Waals surface area contributed by atoms with E-state index in [0.717, 1.165) is 56.4 Å². The van der Waals surface area contributed by atoms with Gasteiger partial charge in [-0.3, -0.25) is 19.3 Å². The van der Waals surface area contributed by atoms with Crippen LogP contribution in [-0.2, 0) is 25.5 Å². The fourth-order valence-electron chi connectivity index (χ4n) is 4.93. The summed E-state index contributed by atoms with van der Waals surface area (Å²) in [6, 6.07) is 5.54. The number of hydrogen-bond acceptors (Lipinski definition) is 5. The molecule has 2 heterocycles. The van der Waals surface area contributed by atoms with Gasteiger partial charge in [-0.25, -0.2) is 0 Å². The summed E-state index contributed by atoms with van der Waals surface area (Å²) in [5, 5.41) is 5.56. The quantitative estimate of drug-likeness (QED) is 0.680. The van der Waals surface area contributed by atoms with E-state index in [1.807, 2.05) is 19.9 Å². The number of carbonyl (C=O) groups is 3. The molecule has 8 heteroatoms. The first-order valence-corrected chi connectivity index (χ1v) is 11.8. The number of anilines is 2. The van der Waals surface area contributed by atoms with Gasteiger partial charge in [-0.2, -0.15) is 0 Å². The lowest BCUT2D eigenvalue weighted by Gasteiger charge is -2.51. The van der Waals surface area contributed by atoms with Crippen molar-refractivity contribution < 1.29 is 19.1 Å². The third-order valence-electron chi connectivity index (χ3n) is 6.97. The molecule has 2 aliphatic heterocycles. The number of hydrogen-bond donors (Lipinski definition) is 2. The van der Waals surface area contributed by atoms with Gasteiger partial charge in [0.1, 0.15) is 0 Å². The fourth-order valence-corrected chi connectivity index (χ4v) is 4.93. The lowest BCUT2D eigenvalue weighted by molar-refractivity contribution is -0.137.